The Morgan fingerprint density at radius 3 is 2.60 bits per heavy atom. The fraction of sp³-hybridized carbons (Fsp3) is 0.429. The number of halogens is 1. The van der Waals surface area contributed by atoms with Gasteiger partial charge in [-0.1, -0.05) is 41.9 Å². The molecular formula is C14H20ClN3O2. The highest BCUT2D eigenvalue weighted by atomic mass is 35.5. The summed E-state index contributed by atoms with van der Waals surface area (Å²) < 4.78 is 0. The molecule has 0 saturated heterocycles. The number of nitrogens with two attached hydrogens (primary N) is 1. The van der Waals surface area contributed by atoms with Gasteiger partial charge < -0.3 is 15.8 Å². The quantitative estimate of drug-likeness (QED) is 0.379. The van der Waals surface area contributed by atoms with Gasteiger partial charge in [0, 0.05) is 12.1 Å². The van der Waals surface area contributed by atoms with Crippen LogP contribution in [-0.2, 0) is 4.79 Å². The van der Waals surface area contributed by atoms with Crippen molar-refractivity contribution < 1.29 is 10.0 Å². The molecule has 1 aromatic rings. The third kappa shape index (κ3) is 3.42. The van der Waals surface area contributed by atoms with E-state index in [1.165, 1.54) is 0 Å². The molecule has 5 nitrogen and oxygen atoms in total. The summed E-state index contributed by atoms with van der Waals surface area (Å²) in [5.74, 6) is -0.902. The molecule has 0 bridgehead atoms. The van der Waals surface area contributed by atoms with Crippen molar-refractivity contribution in [3.63, 3.8) is 0 Å². The summed E-state index contributed by atoms with van der Waals surface area (Å²) in [7, 11) is 1.68. The number of nitrogens with zero attached hydrogens (tertiary/aromatic N) is 2. The van der Waals surface area contributed by atoms with Gasteiger partial charge >= 0.3 is 0 Å². The van der Waals surface area contributed by atoms with Crippen LogP contribution in [0.5, 0.6) is 0 Å². The Kier molecular flexibility index (Phi) is 5.82. The minimum atomic E-state index is -0.630. The van der Waals surface area contributed by atoms with Crippen LogP contribution in [0.2, 0.25) is 5.02 Å². The van der Waals surface area contributed by atoms with E-state index in [1.54, 1.807) is 18.0 Å². The van der Waals surface area contributed by atoms with E-state index in [-0.39, 0.29) is 17.8 Å². The molecule has 3 N–H and O–H groups in total. The topological polar surface area (TPSA) is 78.9 Å². The lowest BCUT2D eigenvalue weighted by Crippen LogP contribution is -2.40. The Balaban J connectivity index is 2.97. The van der Waals surface area contributed by atoms with Gasteiger partial charge in [-0.05, 0) is 25.0 Å². The molecule has 0 heterocycles. The predicted octanol–water partition coefficient (Wildman–Crippen LogP) is 2.63. The number of amidine groups is 1. The first-order valence-electron chi connectivity index (χ1n) is 6.42. The Hall–Kier alpha value is -1.75. The SMILES string of the molecule is CCC(C(=O)N(C)C(C)c1ccccc1Cl)C(N)=NO. The van der Waals surface area contributed by atoms with Crippen molar-refractivity contribution in [1.82, 2.24) is 4.90 Å². The highest BCUT2D eigenvalue weighted by molar-refractivity contribution is 6.31. The summed E-state index contributed by atoms with van der Waals surface area (Å²) in [6.45, 7) is 3.70. The molecule has 110 valence electrons. The van der Waals surface area contributed by atoms with E-state index in [2.05, 4.69) is 5.16 Å². The molecule has 0 aliphatic carbocycles. The maximum Gasteiger partial charge on any atom is 0.233 e. The number of hydrogen-bond donors (Lipinski definition) is 2. The lowest BCUT2D eigenvalue weighted by Gasteiger charge is -2.29. The fourth-order valence-corrected chi connectivity index (χ4v) is 2.33. The molecule has 0 fully saturated rings. The number of carbonyl (C=O) groups is 1. The third-order valence-electron chi connectivity index (χ3n) is 3.46. The van der Waals surface area contributed by atoms with Crippen molar-refractivity contribution in [2.24, 2.45) is 16.8 Å². The third-order valence-corrected chi connectivity index (χ3v) is 3.81. The van der Waals surface area contributed by atoms with Crippen molar-refractivity contribution in [2.45, 2.75) is 26.3 Å². The van der Waals surface area contributed by atoms with Crippen molar-refractivity contribution in [3.8, 4) is 0 Å². The van der Waals surface area contributed by atoms with E-state index < -0.39 is 5.92 Å². The summed E-state index contributed by atoms with van der Waals surface area (Å²) in [5.41, 5.74) is 6.42. The van der Waals surface area contributed by atoms with Gasteiger partial charge in [-0.15, -0.1) is 0 Å². The molecule has 0 saturated carbocycles. The van der Waals surface area contributed by atoms with Gasteiger partial charge in [-0.2, -0.15) is 0 Å². The predicted molar refractivity (Wildman–Crippen MR) is 79.8 cm³/mol. The molecule has 0 radical (unpaired) electrons. The average molecular weight is 298 g/mol. The second kappa shape index (κ2) is 7.14. The maximum atomic E-state index is 12.4. The highest BCUT2D eigenvalue weighted by Crippen LogP contribution is 2.27. The first-order chi connectivity index (χ1) is 9.43. The summed E-state index contributed by atoms with van der Waals surface area (Å²) in [6.07, 6.45) is 0.467. The van der Waals surface area contributed by atoms with Gasteiger partial charge in [0.25, 0.3) is 0 Å². The average Bonchev–Trinajstić information content (AvgIpc) is 2.46. The summed E-state index contributed by atoms with van der Waals surface area (Å²) in [6, 6.07) is 7.17. The van der Waals surface area contributed by atoms with E-state index in [1.807, 2.05) is 32.0 Å². The Labute approximate surface area is 124 Å². The van der Waals surface area contributed by atoms with Crippen LogP contribution in [0.3, 0.4) is 0 Å². The smallest absolute Gasteiger partial charge is 0.233 e. The minimum absolute atomic E-state index is 0.0734. The van der Waals surface area contributed by atoms with Gasteiger partial charge in [0.1, 0.15) is 0 Å². The van der Waals surface area contributed by atoms with Gasteiger partial charge in [-0.25, -0.2) is 0 Å². The lowest BCUT2D eigenvalue weighted by atomic mass is 10.0. The molecule has 2 unspecified atom stereocenters. The van der Waals surface area contributed by atoms with Gasteiger partial charge in [0.2, 0.25) is 5.91 Å². The maximum absolute atomic E-state index is 12.4. The molecule has 1 amide bonds. The largest absolute Gasteiger partial charge is 0.409 e. The molecule has 20 heavy (non-hydrogen) atoms. The Bertz CT molecular complexity index is 505. The van der Waals surface area contributed by atoms with E-state index in [9.17, 15) is 4.79 Å². The zero-order chi connectivity index (χ0) is 15.3. The van der Waals surface area contributed by atoms with Gasteiger partial charge in [0.15, 0.2) is 5.84 Å². The number of carbonyl (C=O) groups excluding carboxylic acids is 1. The molecule has 0 aliphatic heterocycles. The van der Waals surface area contributed by atoms with Crippen LogP contribution in [0.4, 0.5) is 0 Å². The van der Waals surface area contributed by atoms with Crippen LogP contribution in [0.25, 0.3) is 0 Å². The highest BCUT2D eigenvalue weighted by Gasteiger charge is 2.28. The van der Waals surface area contributed by atoms with Crippen molar-refractivity contribution in [2.75, 3.05) is 7.05 Å². The van der Waals surface area contributed by atoms with E-state index in [0.717, 1.165) is 5.56 Å². The molecule has 0 aromatic heterocycles. The second-order valence-electron chi connectivity index (χ2n) is 4.63. The van der Waals surface area contributed by atoms with Crippen LogP contribution in [0.15, 0.2) is 29.4 Å². The summed E-state index contributed by atoms with van der Waals surface area (Å²) >= 11 is 6.14. The van der Waals surface area contributed by atoms with Crippen LogP contribution >= 0.6 is 11.6 Å². The summed E-state index contributed by atoms with van der Waals surface area (Å²) in [5, 5.41) is 12.3. The first kappa shape index (κ1) is 16.3. The Morgan fingerprint density at radius 2 is 2.10 bits per heavy atom. The molecule has 0 aliphatic rings. The fourth-order valence-electron chi connectivity index (χ4n) is 2.04. The molecule has 2 atom stereocenters. The first-order valence-corrected chi connectivity index (χ1v) is 6.80. The van der Waals surface area contributed by atoms with Crippen molar-refractivity contribution >= 4 is 23.3 Å². The van der Waals surface area contributed by atoms with Crippen molar-refractivity contribution in [3.05, 3.63) is 34.9 Å². The number of hydrogen-bond acceptors (Lipinski definition) is 3. The lowest BCUT2D eigenvalue weighted by molar-refractivity contribution is -0.134. The van der Waals surface area contributed by atoms with Gasteiger partial charge in [0.05, 0.1) is 12.0 Å². The number of oxime groups is 1. The number of rotatable bonds is 5. The molecule has 6 heteroatoms. The molecule has 1 rings (SSSR count). The number of amides is 1. The Morgan fingerprint density at radius 1 is 1.50 bits per heavy atom. The van der Waals surface area contributed by atoms with E-state index in [0.29, 0.717) is 11.4 Å². The second-order valence-corrected chi connectivity index (χ2v) is 5.04. The zero-order valence-electron chi connectivity index (χ0n) is 11.9. The molecular weight excluding hydrogens is 278 g/mol. The summed E-state index contributed by atoms with van der Waals surface area (Å²) in [4.78, 5) is 14.0. The van der Waals surface area contributed by atoms with Gasteiger partial charge in [-0.3, -0.25) is 4.79 Å². The van der Waals surface area contributed by atoms with Crippen LogP contribution < -0.4 is 5.73 Å². The van der Waals surface area contributed by atoms with Crippen LogP contribution in [-0.4, -0.2) is 28.9 Å². The molecule has 1 aromatic carbocycles. The van der Waals surface area contributed by atoms with E-state index >= 15 is 0 Å². The molecule has 0 spiro atoms. The van der Waals surface area contributed by atoms with Crippen LogP contribution in [0, 0.1) is 5.92 Å². The zero-order valence-corrected chi connectivity index (χ0v) is 12.6. The van der Waals surface area contributed by atoms with Crippen LogP contribution in [0.1, 0.15) is 31.9 Å². The standard InChI is InChI=1S/C14H20ClN3O2/c1-4-10(13(16)17-20)14(19)18(3)9(2)11-7-5-6-8-12(11)15/h5-10,20H,4H2,1-3H3,(H2,16,17). The number of benzene rings is 1. The minimum Gasteiger partial charge on any atom is -0.409 e. The normalized spacial score (nSPS) is 14.7. The van der Waals surface area contributed by atoms with Crippen molar-refractivity contribution in [1.29, 1.82) is 0 Å². The monoisotopic (exact) mass is 297 g/mol. The van der Waals surface area contributed by atoms with E-state index in [4.69, 9.17) is 22.5 Å².